The molecule has 0 aromatic carbocycles. The minimum atomic E-state index is 0.208. The van der Waals surface area contributed by atoms with Gasteiger partial charge in [-0.3, -0.25) is 0 Å². The minimum absolute atomic E-state index is 0.208. The lowest BCUT2D eigenvalue weighted by atomic mass is 9.67. The Morgan fingerprint density at radius 2 is 1.00 bits per heavy atom. The van der Waals surface area contributed by atoms with Crippen molar-refractivity contribution in [2.45, 2.75) is 99.1 Å². The van der Waals surface area contributed by atoms with Crippen molar-refractivity contribution < 1.29 is 0 Å². The van der Waals surface area contributed by atoms with Crippen LogP contribution in [0.15, 0.2) is 0 Å². The first-order valence-electron chi connectivity index (χ1n) is 8.02. The molecular weight excluding hydrogens is 230 g/mol. The van der Waals surface area contributed by atoms with E-state index in [0.717, 1.165) is 5.92 Å². The topological polar surface area (TPSA) is 12.0 Å². The molecule has 1 nitrogen and oxygen atoms in total. The van der Waals surface area contributed by atoms with E-state index in [0.29, 0.717) is 10.8 Å². The van der Waals surface area contributed by atoms with Crippen LogP contribution in [0.2, 0.25) is 0 Å². The van der Waals surface area contributed by atoms with Crippen LogP contribution in [0.25, 0.3) is 0 Å². The highest BCUT2D eigenvalue weighted by atomic mass is 15.0. The van der Waals surface area contributed by atoms with Gasteiger partial charge in [-0.05, 0) is 70.1 Å². The predicted molar refractivity (Wildman–Crippen MR) is 86.5 cm³/mol. The largest absolute Gasteiger partial charge is 0.307 e. The third-order valence-corrected chi connectivity index (χ3v) is 4.32. The fourth-order valence-electron chi connectivity index (χ4n) is 5.50. The number of hydrogen-bond acceptors (Lipinski definition) is 1. The Morgan fingerprint density at radius 1 is 0.684 bits per heavy atom. The van der Waals surface area contributed by atoms with Crippen molar-refractivity contribution in [3.63, 3.8) is 0 Å². The van der Waals surface area contributed by atoms with Gasteiger partial charge in [0.05, 0.1) is 0 Å². The molecule has 0 radical (unpaired) electrons. The molecule has 0 aromatic heterocycles. The van der Waals surface area contributed by atoms with Crippen LogP contribution in [-0.2, 0) is 0 Å². The van der Waals surface area contributed by atoms with E-state index in [4.69, 9.17) is 0 Å². The summed E-state index contributed by atoms with van der Waals surface area (Å²) in [5, 5.41) is 3.93. The Balaban J connectivity index is 3.03. The second kappa shape index (κ2) is 5.06. The minimum Gasteiger partial charge on any atom is -0.307 e. The van der Waals surface area contributed by atoms with E-state index in [9.17, 15) is 0 Å². The van der Waals surface area contributed by atoms with Gasteiger partial charge in [-0.1, -0.05) is 34.6 Å². The summed E-state index contributed by atoms with van der Waals surface area (Å²) in [5.74, 6) is 0.815. The van der Waals surface area contributed by atoms with Crippen molar-refractivity contribution >= 4 is 0 Å². The molecule has 1 heteroatoms. The summed E-state index contributed by atoms with van der Waals surface area (Å²) in [5.41, 5.74) is 1.25. The zero-order chi connectivity index (χ0) is 15.1. The van der Waals surface area contributed by atoms with Crippen LogP contribution in [-0.4, -0.2) is 11.1 Å². The molecule has 114 valence electrons. The zero-order valence-corrected chi connectivity index (χ0v) is 14.9. The standard InChI is InChI=1S/C18H37N/c1-14-10-15(2,3)12-17(6,7)19-18(8,9)13-16(4,5)11-14/h14,19H,10-13H2,1-9H3. The number of nitrogens with one attached hydrogen (secondary N) is 1. The van der Waals surface area contributed by atoms with Gasteiger partial charge >= 0.3 is 0 Å². The Hall–Kier alpha value is -0.0400. The maximum Gasteiger partial charge on any atom is 0.0135 e. The van der Waals surface area contributed by atoms with E-state index in [1.54, 1.807) is 0 Å². The molecule has 19 heavy (non-hydrogen) atoms. The van der Waals surface area contributed by atoms with Gasteiger partial charge in [0.25, 0.3) is 0 Å². The number of rotatable bonds is 0. The highest BCUT2D eigenvalue weighted by Crippen LogP contribution is 2.43. The highest BCUT2D eigenvalue weighted by molar-refractivity contribution is 4.96. The third-order valence-electron chi connectivity index (χ3n) is 4.32. The lowest BCUT2D eigenvalue weighted by molar-refractivity contribution is 0.0879. The van der Waals surface area contributed by atoms with Gasteiger partial charge < -0.3 is 5.32 Å². The van der Waals surface area contributed by atoms with Crippen LogP contribution in [0.4, 0.5) is 0 Å². The van der Waals surface area contributed by atoms with E-state index < -0.39 is 0 Å². The summed E-state index contributed by atoms with van der Waals surface area (Å²) >= 11 is 0. The van der Waals surface area contributed by atoms with Crippen LogP contribution < -0.4 is 5.32 Å². The van der Waals surface area contributed by atoms with Crippen LogP contribution in [0, 0.1) is 16.7 Å². The van der Waals surface area contributed by atoms with Crippen LogP contribution in [0.5, 0.6) is 0 Å². The lowest BCUT2D eigenvalue weighted by Crippen LogP contribution is -2.55. The van der Waals surface area contributed by atoms with Gasteiger partial charge in [0.15, 0.2) is 0 Å². The van der Waals surface area contributed by atoms with Crippen molar-refractivity contribution in [3.05, 3.63) is 0 Å². The molecule has 0 unspecified atom stereocenters. The summed E-state index contributed by atoms with van der Waals surface area (Å²) in [7, 11) is 0. The molecule has 1 rings (SSSR count). The SMILES string of the molecule is CC1CC(C)(C)CC(C)(C)NC(C)(C)CC(C)(C)C1. The van der Waals surface area contributed by atoms with Crippen molar-refractivity contribution in [1.29, 1.82) is 0 Å². The highest BCUT2D eigenvalue weighted by Gasteiger charge is 2.39. The van der Waals surface area contributed by atoms with Crippen LogP contribution in [0.1, 0.15) is 88.0 Å². The summed E-state index contributed by atoms with van der Waals surface area (Å²) in [6, 6.07) is 0. The molecule has 0 saturated carbocycles. The Bertz CT molecular complexity index is 280. The fraction of sp³-hybridized carbons (Fsp3) is 1.00. The second-order valence-electron chi connectivity index (χ2n) is 10.1. The van der Waals surface area contributed by atoms with E-state index >= 15 is 0 Å². The quantitative estimate of drug-likeness (QED) is 0.620. The van der Waals surface area contributed by atoms with Gasteiger partial charge in [0, 0.05) is 11.1 Å². The average Bonchev–Trinajstić information content (AvgIpc) is 1.87. The van der Waals surface area contributed by atoms with Crippen molar-refractivity contribution in [2.24, 2.45) is 16.7 Å². The monoisotopic (exact) mass is 267 g/mol. The molecule has 0 spiro atoms. The number of hydrogen-bond donors (Lipinski definition) is 1. The van der Waals surface area contributed by atoms with E-state index in [-0.39, 0.29) is 11.1 Å². The molecule has 0 atom stereocenters. The molecule has 1 N–H and O–H groups in total. The Morgan fingerprint density at radius 3 is 1.32 bits per heavy atom. The van der Waals surface area contributed by atoms with Gasteiger partial charge in [0.2, 0.25) is 0 Å². The smallest absolute Gasteiger partial charge is 0.0135 e. The predicted octanol–water partition coefficient (Wildman–Crippen LogP) is 5.40. The van der Waals surface area contributed by atoms with E-state index in [1.807, 2.05) is 0 Å². The zero-order valence-electron chi connectivity index (χ0n) is 14.9. The lowest BCUT2D eigenvalue weighted by Gasteiger charge is -2.47. The Kier molecular flexibility index (Phi) is 4.53. The van der Waals surface area contributed by atoms with Crippen molar-refractivity contribution in [2.75, 3.05) is 0 Å². The van der Waals surface area contributed by atoms with Crippen LogP contribution >= 0.6 is 0 Å². The molecule has 1 fully saturated rings. The average molecular weight is 268 g/mol. The van der Waals surface area contributed by atoms with Crippen molar-refractivity contribution in [3.8, 4) is 0 Å². The summed E-state index contributed by atoms with van der Waals surface area (Å²) < 4.78 is 0. The van der Waals surface area contributed by atoms with Crippen LogP contribution in [0.3, 0.4) is 0 Å². The molecule has 1 heterocycles. The van der Waals surface area contributed by atoms with E-state index in [1.165, 1.54) is 25.7 Å². The fourth-order valence-corrected chi connectivity index (χ4v) is 5.50. The summed E-state index contributed by atoms with van der Waals surface area (Å²) in [6.45, 7) is 21.7. The molecule has 0 bridgehead atoms. The van der Waals surface area contributed by atoms with E-state index in [2.05, 4.69) is 67.6 Å². The maximum atomic E-state index is 3.93. The first-order valence-corrected chi connectivity index (χ1v) is 8.02. The first-order chi connectivity index (χ1) is 8.22. The second-order valence-corrected chi connectivity index (χ2v) is 10.1. The van der Waals surface area contributed by atoms with Gasteiger partial charge in [-0.15, -0.1) is 0 Å². The molecule has 0 aromatic rings. The summed E-state index contributed by atoms with van der Waals surface area (Å²) in [6.07, 6.45) is 5.16. The molecule has 0 aliphatic carbocycles. The molecule has 0 amide bonds. The summed E-state index contributed by atoms with van der Waals surface area (Å²) in [4.78, 5) is 0. The first kappa shape index (κ1) is 17.0. The molecule has 1 aliphatic heterocycles. The maximum absolute atomic E-state index is 3.93. The van der Waals surface area contributed by atoms with Crippen molar-refractivity contribution in [1.82, 2.24) is 5.32 Å². The third kappa shape index (κ3) is 5.85. The molecular formula is C18H37N. The van der Waals surface area contributed by atoms with Gasteiger partial charge in [0.1, 0.15) is 0 Å². The van der Waals surface area contributed by atoms with Gasteiger partial charge in [-0.2, -0.15) is 0 Å². The molecule has 1 saturated heterocycles. The van der Waals surface area contributed by atoms with Gasteiger partial charge in [-0.25, -0.2) is 0 Å². The Labute approximate surface area is 121 Å². The normalized spacial score (nSPS) is 30.8. The molecule has 1 aliphatic rings.